The zero-order valence-corrected chi connectivity index (χ0v) is 15.7. The SMILES string of the molecule is CCCc1nnc(S[C@@H](C)C(=O)Nc2c(C)cc(C)cc2C)n1N. The van der Waals surface area contributed by atoms with Crippen molar-refractivity contribution in [3.05, 3.63) is 34.6 Å². The lowest BCUT2D eigenvalue weighted by molar-refractivity contribution is -0.115. The Morgan fingerprint density at radius 2 is 1.92 bits per heavy atom. The summed E-state index contributed by atoms with van der Waals surface area (Å²) in [5, 5.41) is 11.4. The molecule has 6 nitrogen and oxygen atoms in total. The first-order valence-corrected chi connectivity index (χ1v) is 8.96. The zero-order valence-electron chi connectivity index (χ0n) is 14.9. The lowest BCUT2D eigenvalue weighted by atomic mass is 10.1. The number of rotatable bonds is 6. The Kier molecular flexibility index (Phi) is 5.88. The number of amides is 1. The number of anilines is 1. The molecule has 1 aromatic heterocycles. The molecule has 0 radical (unpaired) electrons. The molecular formula is C17H25N5OS. The molecular weight excluding hydrogens is 322 g/mol. The number of hydrogen-bond acceptors (Lipinski definition) is 5. The largest absolute Gasteiger partial charge is 0.336 e. The molecule has 1 heterocycles. The van der Waals surface area contributed by atoms with Crippen LogP contribution in [-0.2, 0) is 11.2 Å². The third-order valence-corrected chi connectivity index (χ3v) is 4.84. The van der Waals surface area contributed by atoms with E-state index in [0.717, 1.165) is 35.5 Å². The van der Waals surface area contributed by atoms with E-state index in [4.69, 9.17) is 5.84 Å². The van der Waals surface area contributed by atoms with Crippen LogP contribution in [0.2, 0.25) is 0 Å². The van der Waals surface area contributed by atoms with Gasteiger partial charge in [0, 0.05) is 12.1 Å². The van der Waals surface area contributed by atoms with Crippen molar-refractivity contribution >= 4 is 23.4 Å². The Morgan fingerprint density at radius 3 is 2.50 bits per heavy atom. The normalized spacial score (nSPS) is 12.2. The quantitative estimate of drug-likeness (QED) is 0.620. The number of thioether (sulfide) groups is 1. The molecule has 0 aliphatic rings. The number of aromatic nitrogens is 3. The summed E-state index contributed by atoms with van der Waals surface area (Å²) in [5.74, 6) is 6.65. The molecule has 1 amide bonds. The molecule has 0 aliphatic heterocycles. The van der Waals surface area contributed by atoms with Crippen LogP contribution in [0.25, 0.3) is 0 Å². The van der Waals surface area contributed by atoms with Crippen molar-refractivity contribution in [2.75, 3.05) is 11.2 Å². The van der Waals surface area contributed by atoms with Crippen LogP contribution in [0.1, 0.15) is 42.8 Å². The fourth-order valence-corrected chi connectivity index (χ4v) is 3.38. The van der Waals surface area contributed by atoms with E-state index in [2.05, 4.69) is 34.6 Å². The summed E-state index contributed by atoms with van der Waals surface area (Å²) in [6.45, 7) is 9.95. The Balaban J connectivity index is 2.08. The molecule has 2 rings (SSSR count). The summed E-state index contributed by atoms with van der Waals surface area (Å²) < 4.78 is 1.47. The molecule has 0 fully saturated rings. The van der Waals surface area contributed by atoms with Crippen LogP contribution in [-0.4, -0.2) is 26.0 Å². The minimum atomic E-state index is -0.328. The van der Waals surface area contributed by atoms with Crippen LogP contribution in [0.4, 0.5) is 5.69 Å². The first kappa shape index (κ1) is 18.3. The standard InChI is InChI=1S/C17H25N5OS/c1-6-7-14-20-21-17(22(14)18)24-13(5)16(23)19-15-11(3)8-10(2)9-12(15)4/h8-9,13H,6-7,18H2,1-5H3,(H,19,23)/t13-/m0/s1. The number of benzene rings is 1. The van der Waals surface area contributed by atoms with Crippen molar-refractivity contribution in [3.63, 3.8) is 0 Å². The maximum atomic E-state index is 12.5. The molecule has 0 bridgehead atoms. The first-order chi connectivity index (χ1) is 11.3. The molecule has 2 aromatic rings. The molecule has 0 unspecified atom stereocenters. The number of carbonyl (C=O) groups is 1. The number of hydrogen-bond donors (Lipinski definition) is 2. The number of nitrogen functional groups attached to an aromatic ring is 1. The highest BCUT2D eigenvalue weighted by atomic mass is 32.2. The van der Waals surface area contributed by atoms with Gasteiger partial charge >= 0.3 is 0 Å². The molecule has 1 atom stereocenters. The molecule has 24 heavy (non-hydrogen) atoms. The van der Waals surface area contributed by atoms with Crippen LogP contribution in [0, 0.1) is 20.8 Å². The highest BCUT2D eigenvalue weighted by Crippen LogP contribution is 2.25. The molecule has 0 spiro atoms. The van der Waals surface area contributed by atoms with Crippen LogP contribution in [0.3, 0.4) is 0 Å². The topological polar surface area (TPSA) is 85.8 Å². The van der Waals surface area contributed by atoms with E-state index in [1.54, 1.807) is 0 Å². The van der Waals surface area contributed by atoms with Crippen molar-refractivity contribution in [2.45, 2.75) is 57.9 Å². The summed E-state index contributed by atoms with van der Waals surface area (Å²) >= 11 is 1.31. The fraction of sp³-hybridized carbons (Fsp3) is 0.471. The second kappa shape index (κ2) is 7.70. The number of nitrogens with two attached hydrogens (primary N) is 1. The van der Waals surface area contributed by atoms with Gasteiger partial charge in [0.15, 0.2) is 5.82 Å². The minimum absolute atomic E-state index is 0.0740. The molecule has 130 valence electrons. The zero-order chi connectivity index (χ0) is 17.9. The predicted octanol–water partition coefficient (Wildman–Crippen LogP) is 2.99. The summed E-state index contributed by atoms with van der Waals surface area (Å²) in [6.07, 6.45) is 1.72. The van der Waals surface area contributed by atoms with E-state index in [0.29, 0.717) is 5.16 Å². The second-order valence-corrected chi connectivity index (χ2v) is 7.35. The van der Waals surface area contributed by atoms with Gasteiger partial charge in [-0.05, 0) is 45.2 Å². The van der Waals surface area contributed by atoms with Gasteiger partial charge < -0.3 is 11.2 Å². The number of aryl methyl sites for hydroxylation is 4. The Hall–Kier alpha value is -2.02. The van der Waals surface area contributed by atoms with Gasteiger partial charge in [-0.1, -0.05) is 36.4 Å². The Morgan fingerprint density at radius 1 is 1.29 bits per heavy atom. The monoisotopic (exact) mass is 347 g/mol. The average Bonchev–Trinajstić information content (AvgIpc) is 2.84. The maximum Gasteiger partial charge on any atom is 0.237 e. The Labute approximate surface area is 147 Å². The summed E-state index contributed by atoms with van der Waals surface area (Å²) in [7, 11) is 0. The lowest BCUT2D eigenvalue weighted by Crippen LogP contribution is -2.24. The number of nitrogens with one attached hydrogen (secondary N) is 1. The highest BCUT2D eigenvalue weighted by molar-refractivity contribution is 8.00. The summed E-state index contributed by atoms with van der Waals surface area (Å²) in [6, 6.07) is 4.13. The van der Waals surface area contributed by atoms with E-state index in [1.807, 2.05) is 27.7 Å². The van der Waals surface area contributed by atoms with Crippen LogP contribution in [0.5, 0.6) is 0 Å². The molecule has 0 saturated heterocycles. The van der Waals surface area contributed by atoms with E-state index in [1.165, 1.54) is 22.0 Å². The van der Waals surface area contributed by atoms with Crippen molar-refractivity contribution < 1.29 is 4.79 Å². The van der Waals surface area contributed by atoms with Gasteiger partial charge in [0.25, 0.3) is 0 Å². The highest BCUT2D eigenvalue weighted by Gasteiger charge is 2.20. The lowest BCUT2D eigenvalue weighted by Gasteiger charge is -2.16. The van der Waals surface area contributed by atoms with Crippen molar-refractivity contribution in [2.24, 2.45) is 0 Å². The summed E-state index contributed by atoms with van der Waals surface area (Å²) in [4.78, 5) is 12.5. The van der Waals surface area contributed by atoms with E-state index < -0.39 is 0 Å². The minimum Gasteiger partial charge on any atom is -0.336 e. The molecule has 7 heteroatoms. The predicted molar refractivity (Wildman–Crippen MR) is 98.8 cm³/mol. The van der Waals surface area contributed by atoms with E-state index >= 15 is 0 Å². The van der Waals surface area contributed by atoms with Crippen LogP contribution in [0.15, 0.2) is 17.3 Å². The Bertz CT molecular complexity index is 718. The maximum absolute atomic E-state index is 12.5. The third-order valence-electron chi connectivity index (χ3n) is 3.79. The molecule has 3 N–H and O–H groups in total. The van der Waals surface area contributed by atoms with Gasteiger partial charge in [-0.2, -0.15) is 0 Å². The average molecular weight is 347 g/mol. The van der Waals surface area contributed by atoms with Gasteiger partial charge in [0.05, 0.1) is 5.25 Å². The van der Waals surface area contributed by atoms with Gasteiger partial charge in [0.1, 0.15) is 0 Å². The van der Waals surface area contributed by atoms with Gasteiger partial charge in [-0.3, -0.25) is 4.79 Å². The van der Waals surface area contributed by atoms with Crippen molar-refractivity contribution in [1.29, 1.82) is 0 Å². The van der Waals surface area contributed by atoms with Crippen LogP contribution < -0.4 is 11.2 Å². The molecule has 0 aliphatic carbocycles. The van der Waals surface area contributed by atoms with Crippen molar-refractivity contribution in [3.8, 4) is 0 Å². The first-order valence-electron chi connectivity index (χ1n) is 8.08. The summed E-state index contributed by atoms with van der Waals surface area (Å²) in [5.41, 5.74) is 4.18. The van der Waals surface area contributed by atoms with E-state index in [9.17, 15) is 4.79 Å². The molecule has 0 saturated carbocycles. The van der Waals surface area contributed by atoms with Gasteiger partial charge in [0.2, 0.25) is 11.1 Å². The number of carbonyl (C=O) groups excluding carboxylic acids is 1. The molecule has 1 aromatic carbocycles. The van der Waals surface area contributed by atoms with Gasteiger partial charge in [-0.25, -0.2) is 4.68 Å². The van der Waals surface area contributed by atoms with E-state index in [-0.39, 0.29) is 11.2 Å². The fourth-order valence-electron chi connectivity index (χ4n) is 2.60. The van der Waals surface area contributed by atoms with Gasteiger partial charge in [-0.15, -0.1) is 10.2 Å². The smallest absolute Gasteiger partial charge is 0.237 e. The third kappa shape index (κ3) is 4.08. The number of nitrogens with zero attached hydrogens (tertiary/aromatic N) is 3. The van der Waals surface area contributed by atoms with Crippen molar-refractivity contribution in [1.82, 2.24) is 14.9 Å². The van der Waals surface area contributed by atoms with Crippen LogP contribution >= 0.6 is 11.8 Å². The second-order valence-electron chi connectivity index (χ2n) is 6.04.